The lowest BCUT2D eigenvalue weighted by molar-refractivity contribution is -0.0729. The molecule has 0 bridgehead atoms. The summed E-state index contributed by atoms with van der Waals surface area (Å²) in [6.07, 6.45) is 2.57. The summed E-state index contributed by atoms with van der Waals surface area (Å²) in [5.41, 5.74) is 2.22. The largest absolute Gasteiger partial charge is 0.474 e. The van der Waals surface area contributed by atoms with Crippen LogP contribution in [0.25, 0.3) is 0 Å². The molecule has 0 spiro atoms. The molecule has 2 unspecified atom stereocenters. The van der Waals surface area contributed by atoms with E-state index in [0.29, 0.717) is 6.04 Å². The van der Waals surface area contributed by atoms with E-state index in [2.05, 4.69) is 44.1 Å². The van der Waals surface area contributed by atoms with Crippen LogP contribution in [0.4, 0.5) is 0 Å². The first kappa shape index (κ1) is 16.2. The van der Waals surface area contributed by atoms with Gasteiger partial charge >= 0.3 is 0 Å². The lowest BCUT2D eigenvalue weighted by Gasteiger charge is -2.32. The Balaban J connectivity index is 2.02. The second-order valence-corrected chi connectivity index (χ2v) is 6.46. The maximum Gasteiger partial charge on any atom is 0.214 e. The third-order valence-electron chi connectivity index (χ3n) is 3.65. The second kappa shape index (κ2) is 7.23. The molecule has 1 aromatic rings. The average Bonchev–Trinajstić information content (AvgIpc) is 2.34. The highest BCUT2D eigenvalue weighted by atomic mass is 16.5. The van der Waals surface area contributed by atoms with E-state index in [-0.39, 0.29) is 18.3 Å². The van der Waals surface area contributed by atoms with Crippen LogP contribution in [0.1, 0.15) is 51.8 Å². The fourth-order valence-corrected chi connectivity index (χ4v) is 2.80. The van der Waals surface area contributed by atoms with E-state index in [1.165, 1.54) is 5.56 Å². The normalized spacial score (nSPS) is 26.1. The summed E-state index contributed by atoms with van der Waals surface area (Å²) in [4.78, 5) is 4.51. The Morgan fingerprint density at radius 3 is 2.57 bits per heavy atom. The van der Waals surface area contributed by atoms with Gasteiger partial charge in [0.05, 0.1) is 12.2 Å². The summed E-state index contributed by atoms with van der Waals surface area (Å²) in [6.45, 7) is 11.4. The van der Waals surface area contributed by atoms with Gasteiger partial charge in [0.2, 0.25) is 5.88 Å². The van der Waals surface area contributed by atoms with Crippen molar-refractivity contribution < 1.29 is 9.47 Å². The van der Waals surface area contributed by atoms with Crippen LogP contribution < -0.4 is 10.1 Å². The van der Waals surface area contributed by atoms with Crippen LogP contribution >= 0.6 is 0 Å². The van der Waals surface area contributed by atoms with Gasteiger partial charge in [-0.15, -0.1) is 0 Å². The first-order valence-corrected chi connectivity index (χ1v) is 7.95. The first-order chi connectivity index (χ1) is 9.92. The van der Waals surface area contributed by atoms with Crippen molar-refractivity contribution in [3.05, 3.63) is 23.4 Å². The van der Waals surface area contributed by atoms with E-state index in [9.17, 15) is 0 Å². The molecule has 0 aliphatic carbocycles. The Kier molecular flexibility index (Phi) is 5.59. The molecule has 1 fully saturated rings. The van der Waals surface area contributed by atoms with Crippen LogP contribution in [0.5, 0.6) is 5.88 Å². The highest BCUT2D eigenvalue weighted by molar-refractivity contribution is 5.25. The predicted octanol–water partition coefficient (Wildman–Crippen LogP) is 3.22. The van der Waals surface area contributed by atoms with Crippen LogP contribution in [0.3, 0.4) is 0 Å². The van der Waals surface area contributed by atoms with E-state index in [1.54, 1.807) is 0 Å². The van der Waals surface area contributed by atoms with Crippen LogP contribution in [0.15, 0.2) is 12.1 Å². The number of ether oxygens (including phenoxy) is 2. The first-order valence-electron chi connectivity index (χ1n) is 7.95. The molecule has 1 aromatic heterocycles. The van der Waals surface area contributed by atoms with Gasteiger partial charge in [-0.05, 0) is 32.4 Å². The third-order valence-corrected chi connectivity index (χ3v) is 3.65. The van der Waals surface area contributed by atoms with Crippen LogP contribution in [-0.4, -0.2) is 29.3 Å². The third kappa shape index (κ3) is 5.29. The molecule has 1 saturated heterocycles. The number of aromatic nitrogens is 1. The number of aryl methyl sites for hydroxylation is 1. The number of hydrogen-bond donors (Lipinski definition) is 1. The molecule has 0 aromatic carbocycles. The molecule has 0 amide bonds. The van der Waals surface area contributed by atoms with E-state index in [1.807, 2.05) is 13.0 Å². The Hall–Kier alpha value is -1.13. The lowest BCUT2D eigenvalue weighted by atomic mass is 10.0. The van der Waals surface area contributed by atoms with Gasteiger partial charge in [0.15, 0.2) is 0 Å². The summed E-state index contributed by atoms with van der Waals surface area (Å²) < 4.78 is 11.9. The van der Waals surface area contributed by atoms with Gasteiger partial charge in [0.1, 0.15) is 6.10 Å². The van der Waals surface area contributed by atoms with Crippen molar-refractivity contribution in [1.82, 2.24) is 10.3 Å². The SMILES string of the molecule is Cc1cc(CNC(C)C)cc(OC2CC(C)OC(C)C2)n1. The van der Waals surface area contributed by atoms with Crippen LogP contribution in [0.2, 0.25) is 0 Å². The molecule has 4 heteroatoms. The van der Waals surface area contributed by atoms with Gasteiger partial charge in [0, 0.05) is 37.2 Å². The molecule has 118 valence electrons. The molecule has 4 nitrogen and oxygen atoms in total. The van der Waals surface area contributed by atoms with Crippen molar-refractivity contribution >= 4 is 0 Å². The monoisotopic (exact) mass is 292 g/mol. The summed E-state index contributed by atoms with van der Waals surface area (Å²) in [5.74, 6) is 0.738. The van der Waals surface area contributed by atoms with Crippen LogP contribution in [0, 0.1) is 6.92 Å². The summed E-state index contributed by atoms with van der Waals surface area (Å²) >= 11 is 0. The minimum absolute atomic E-state index is 0.198. The quantitative estimate of drug-likeness (QED) is 0.905. The molecule has 0 saturated carbocycles. The zero-order valence-electron chi connectivity index (χ0n) is 13.8. The van der Waals surface area contributed by atoms with Crippen molar-refractivity contribution in [3.63, 3.8) is 0 Å². The van der Waals surface area contributed by atoms with Gasteiger partial charge in [0.25, 0.3) is 0 Å². The molecule has 1 N–H and O–H groups in total. The smallest absolute Gasteiger partial charge is 0.214 e. The predicted molar refractivity (Wildman–Crippen MR) is 84.6 cm³/mol. The van der Waals surface area contributed by atoms with Crippen LogP contribution in [-0.2, 0) is 11.3 Å². The van der Waals surface area contributed by atoms with E-state index in [4.69, 9.17) is 9.47 Å². The Bertz CT molecular complexity index is 452. The van der Waals surface area contributed by atoms with E-state index in [0.717, 1.165) is 31.0 Å². The Morgan fingerprint density at radius 1 is 1.29 bits per heavy atom. The highest BCUT2D eigenvalue weighted by Crippen LogP contribution is 2.24. The molecule has 21 heavy (non-hydrogen) atoms. The molecular weight excluding hydrogens is 264 g/mol. The lowest BCUT2D eigenvalue weighted by Crippen LogP contribution is -2.35. The Morgan fingerprint density at radius 2 is 1.95 bits per heavy atom. The van der Waals surface area contributed by atoms with Crippen molar-refractivity contribution in [2.45, 2.75) is 78.4 Å². The van der Waals surface area contributed by atoms with Gasteiger partial charge in [-0.2, -0.15) is 0 Å². The average molecular weight is 292 g/mol. The van der Waals surface area contributed by atoms with Gasteiger partial charge in [-0.1, -0.05) is 13.8 Å². The minimum atomic E-state index is 0.198. The number of hydrogen-bond acceptors (Lipinski definition) is 4. The fourth-order valence-electron chi connectivity index (χ4n) is 2.80. The molecule has 1 aliphatic rings. The molecule has 0 radical (unpaired) electrons. The second-order valence-electron chi connectivity index (χ2n) is 6.46. The minimum Gasteiger partial charge on any atom is -0.474 e. The number of nitrogens with zero attached hydrogens (tertiary/aromatic N) is 1. The summed E-state index contributed by atoms with van der Waals surface area (Å²) in [6, 6.07) is 4.63. The molecular formula is C17H28N2O2. The maximum absolute atomic E-state index is 6.11. The van der Waals surface area contributed by atoms with Crippen molar-refractivity contribution in [2.75, 3.05) is 0 Å². The topological polar surface area (TPSA) is 43.4 Å². The highest BCUT2D eigenvalue weighted by Gasteiger charge is 2.26. The van der Waals surface area contributed by atoms with Gasteiger partial charge < -0.3 is 14.8 Å². The van der Waals surface area contributed by atoms with Gasteiger partial charge in [-0.25, -0.2) is 4.98 Å². The fraction of sp³-hybridized carbons (Fsp3) is 0.706. The summed E-state index contributed by atoms with van der Waals surface area (Å²) in [7, 11) is 0. The summed E-state index contributed by atoms with van der Waals surface area (Å²) in [5, 5.41) is 3.43. The zero-order chi connectivity index (χ0) is 15.4. The van der Waals surface area contributed by atoms with Crippen molar-refractivity contribution in [2.24, 2.45) is 0 Å². The van der Waals surface area contributed by atoms with Crippen molar-refractivity contribution in [3.8, 4) is 5.88 Å². The van der Waals surface area contributed by atoms with Crippen molar-refractivity contribution in [1.29, 1.82) is 0 Å². The number of rotatable bonds is 5. The zero-order valence-corrected chi connectivity index (χ0v) is 13.8. The number of nitrogens with one attached hydrogen (secondary N) is 1. The molecule has 2 heterocycles. The molecule has 2 atom stereocenters. The van der Waals surface area contributed by atoms with E-state index < -0.39 is 0 Å². The maximum atomic E-state index is 6.11. The number of pyridine rings is 1. The van der Waals surface area contributed by atoms with E-state index >= 15 is 0 Å². The Labute approximate surface area is 128 Å². The molecule has 1 aliphatic heterocycles. The standard InChI is InChI=1S/C17H28N2O2/c1-11(2)18-10-15-6-12(3)19-17(9-15)21-16-7-13(4)20-14(5)8-16/h6,9,11,13-14,16,18H,7-8,10H2,1-5H3. The van der Waals surface area contributed by atoms with Gasteiger partial charge in [-0.3, -0.25) is 0 Å². The molecule has 2 rings (SSSR count).